The second-order valence-electron chi connectivity index (χ2n) is 7.60. The highest BCUT2D eigenvalue weighted by molar-refractivity contribution is 6.07. The zero-order valence-corrected chi connectivity index (χ0v) is 17.8. The number of carbonyl (C=O) groups excluding carboxylic acids is 2. The Kier molecular flexibility index (Phi) is 6.18. The quantitative estimate of drug-likeness (QED) is 0.659. The molecule has 0 atom stereocenters. The van der Waals surface area contributed by atoms with Crippen molar-refractivity contribution < 1.29 is 14.3 Å². The van der Waals surface area contributed by atoms with E-state index in [9.17, 15) is 14.9 Å². The number of nitrogens with zero attached hydrogens (tertiary/aromatic N) is 2. The predicted octanol–water partition coefficient (Wildman–Crippen LogP) is 4.34. The number of nitrogens with one attached hydrogen (secondary N) is 1. The van der Waals surface area contributed by atoms with E-state index in [1.165, 1.54) is 7.11 Å². The van der Waals surface area contributed by atoms with Gasteiger partial charge in [-0.2, -0.15) is 5.26 Å². The maximum atomic E-state index is 13.0. The lowest BCUT2D eigenvalue weighted by Crippen LogP contribution is -2.35. The number of carbonyl (C=O) groups is 2. The summed E-state index contributed by atoms with van der Waals surface area (Å²) in [7, 11) is 1.49. The topological polar surface area (TPSA) is 82.4 Å². The lowest BCUT2D eigenvalue weighted by Gasteiger charge is -2.30. The van der Waals surface area contributed by atoms with E-state index in [2.05, 4.69) is 11.4 Å². The van der Waals surface area contributed by atoms with Gasteiger partial charge in [0.25, 0.3) is 5.91 Å². The lowest BCUT2D eigenvalue weighted by molar-refractivity contribution is -0.115. The Morgan fingerprint density at radius 3 is 2.66 bits per heavy atom. The molecule has 2 amide bonds. The minimum absolute atomic E-state index is 0.0206. The molecule has 0 unspecified atom stereocenters. The van der Waals surface area contributed by atoms with Crippen LogP contribution < -0.4 is 15.0 Å². The third-order valence-corrected chi connectivity index (χ3v) is 5.52. The number of hydrogen-bond acceptors (Lipinski definition) is 4. The highest BCUT2D eigenvalue weighted by Crippen LogP contribution is 2.31. The third kappa shape index (κ3) is 4.33. The molecule has 0 spiro atoms. The number of ether oxygens (including phenoxy) is 1. The van der Waals surface area contributed by atoms with Crippen molar-refractivity contribution in [2.45, 2.75) is 19.3 Å². The molecule has 160 valence electrons. The fraction of sp³-hybridized carbons (Fsp3) is 0.192. The third-order valence-electron chi connectivity index (χ3n) is 5.52. The van der Waals surface area contributed by atoms with E-state index in [0.29, 0.717) is 34.7 Å². The number of aryl methyl sites for hydroxylation is 1. The number of amides is 2. The van der Waals surface area contributed by atoms with Gasteiger partial charge in [0.2, 0.25) is 5.91 Å². The summed E-state index contributed by atoms with van der Waals surface area (Å²) in [5.74, 6) is 0.199. The standard InChI is InChI=1S/C26H23N3O3/c1-32-25-20(9-5-10-21(25)17-27)16-24(30)28-22-12-13-23-19(15-22)11-6-14-29(23)26(31)18-7-3-2-4-8-18/h2-5,7-10,12-13,15H,6,11,14,16H2,1H3,(H,28,30). The number of rotatable bonds is 5. The summed E-state index contributed by atoms with van der Waals surface area (Å²) in [6, 6.07) is 22.1. The van der Waals surface area contributed by atoms with Crippen molar-refractivity contribution in [1.29, 1.82) is 5.26 Å². The molecular weight excluding hydrogens is 402 g/mol. The molecule has 0 saturated heterocycles. The molecule has 0 aromatic heterocycles. The summed E-state index contributed by atoms with van der Waals surface area (Å²) >= 11 is 0. The molecule has 6 heteroatoms. The molecule has 0 saturated carbocycles. The monoisotopic (exact) mass is 425 g/mol. The SMILES string of the molecule is COc1c(C#N)cccc1CC(=O)Nc1ccc2c(c1)CCCN2C(=O)c1ccccc1. The van der Waals surface area contributed by atoms with E-state index in [-0.39, 0.29) is 18.2 Å². The Labute approximate surface area is 187 Å². The average molecular weight is 425 g/mol. The van der Waals surface area contributed by atoms with Gasteiger partial charge < -0.3 is 15.0 Å². The molecule has 3 aromatic carbocycles. The van der Waals surface area contributed by atoms with Gasteiger partial charge in [-0.15, -0.1) is 0 Å². The van der Waals surface area contributed by atoms with Gasteiger partial charge in [-0.3, -0.25) is 9.59 Å². The van der Waals surface area contributed by atoms with E-state index >= 15 is 0 Å². The van der Waals surface area contributed by atoms with Crippen LogP contribution in [0.15, 0.2) is 66.7 Å². The van der Waals surface area contributed by atoms with Crippen LogP contribution in [0, 0.1) is 11.3 Å². The van der Waals surface area contributed by atoms with Crippen molar-refractivity contribution in [3.05, 3.63) is 89.0 Å². The van der Waals surface area contributed by atoms with Crippen molar-refractivity contribution in [2.24, 2.45) is 0 Å². The summed E-state index contributed by atoms with van der Waals surface area (Å²) in [5.41, 5.74) is 4.30. The smallest absolute Gasteiger partial charge is 0.258 e. The zero-order valence-electron chi connectivity index (χ0n) is 17.8. The zero-order chi connectivity index (χ0) is 22.5. The first-order valence-corrected chi connectivity index (χ1v) is 10.5. The van der Waals surface area contributed by atoms with Gasteiger partial charge in [0.1, 0.15) is 11.8 Å². The van der Waals surface area contributed by atoms with Crippen LogP contribution in [-0.2, 0) is 17.6 Å². The van der Waals surface area contributed by atoms with Crippen LogP contribution in [0.1, 0.15) is 33.5 Å². The molecule has 1 N–H and O–H groups in total. The molecular formula is C26H23N3O3. The number of para-hydroxylation sites is 1. The number of hydrogen-bond donors (Lipinski definition) is 1. The Morgan fingerprint density at radius 1 is 1.09 bits per heavy atom. The minimum Gasteiger partial charge on any atom is -0.495 e. The van der Waals surface area contributed by atoms with Gasteiger partial charge >= 0.3 is 0 Å². The Bertz CT molecular complexity index is 1200. The van der Waals surface area contributed by atoms with E-state index in [4.69, 9.17) is 4.74 Å². The summed E-state index contributed by atoms with van der Waals surface area (Å²) in [5, 5.41) is 12.2. The van der Waals surface area contributed by atoms with Crippen molar-refractivity contribution in [3.63, 3.8) is 0 Å². The van der Waals surface area contributed by atoms with E-state index in [1.54, 1.807) is 23.1 Å². The van der Waals surface area contributed by atoms with Crippen LogP contribution >= 0.6 is 0 Å². The second-order valence-corrected chi connectivity index (χ2v) is 7.60. The first-order valence-electron chi connectivity index (χ1n) is 10.5. The Morgan fingerprint density at radius 2 is 1.91 bits per heavy atom. The van der Waals surface area contributed by atoms with E-state index < -0.39 is 0 Å². The lowest BCUT2D eigenvalue weighted by atomic mass is 9.99. The maximum Gasteiger partial charge on any atom is 0.258 e. The fourth-order valence-corrected chi connectivity index (χ4v) is 4.05. The largest absolute Gasteiger partial charge is 0.495 e. The van der Waals surface area contributed by atoms with Crippen LogP contribution in [0.25, 0.3) is 0 Å². The van der Waals surface area contributed by atoms with Crippen molar-refractivity contribution in [1.82, 2.24) is 0 Å². The number of fused-ring (bicyclic) bond motifs is 1. The summed E-state index contributed by atoms with van der Waals surface area (Å²) in [6.07, 6.45) is 1.80. The van der Waals surface area contributed by atoms with Crippen LogP contribution in [0.4, 0.5) is 11.4 Å². The molecule has 0 bridgehead atoms. The van der Waals surface area contributed by atoms with Crippen LogP contribution in [-0.4, -0.2) is 25.5 Å². The molecule has 32 heavy (non-hydrogen) atoms. The van der Waals surface area contributed by atoms with Gasteiger partial charge in [-0.1, -0.05) is 30.3 Å². The van der Waals surface area contributed by atoms with E-state index in [1.807, 2.05) is 48.5 Å². The van der Waals surface area contributed by atoms with Gasteiger partial charge in [0.05, 0.1) is 19.1 Å². The van der Waals surface area contributed by atoms with E-state index in [0.717, 1.165) is 24.1 Å². The first-order chi connectivity index (χ1) is 15.6. The molecule has 3 aromatic rings. The van der Waals surface area contributed by atoms with Crippen LogP contribution in [0.2, 0.25) is 0 Å². The van der Waals surface area contributed by atoms with Gasteiger partial charge in [0.15, 0.2) is 0 Å². The first kappa shape index (κ1) is 21.1. The average Bonchev–Trinajstić information content (AvgIpc) is 2.83. The van der Waals surface area contributed by atoms with Crippen molar-refractivity contribution in [2.75, 3.05) is 23.9 Å². The normalized spacial score (nSPS) is 12.4. The predicted molar refractivity (Wildman–Crippen MR) is 123 cm³/mol. The van der Waals surface area contributed by atoms with Crippen LogP contribution in [0.3, 0.4) is 0 Å². The number of methoxy groups -OCH3 is 1. The number of nitriles is 1. The van der Waals surface area contributed by atoms with Gasteiger partial charge in [-0.05, 0) is 54.8 Å². The number of benzene rings is 3. The van der Waals surface area contributed by atoms with Crippen molar-refractivity contribution in [3.8, 4) is 11.8 Å². The molecule has 1 heterocycles. The summed E-state index contributed by atoms with van der Waals surface area (Å²) in [6.45, 7) is 0.668. The van der Waals surface area contributed by atoms with Crippen molar-refractivity contribution >= 4 is 23.2 Å². The molecule has 1 aliphatic heterocycles. The summed E-state index contributed by atoms with van der Waals surface area (Å²) in [4.78, 5) is 27.4. The van der Waals surface area contributed by atoms with Gasteiger partial charge in [-0.25, -0.2) is 0 Å². The second kappa shape index (κ2) is 9.36. The highest BCUT2D eigenvalue weighted by Gasteiger charge is 2.24. The fourth-order valence-electron chi connectivity index (χ4n) is 4.05. The molecule has 4 rings (SSSR count). The molecule has 0 fully saturated rings. The summed E-state index contributed by atoms with van der Waals surface area (Å²) < 4.78 is 5.32. The Hall–Kier alpha value is -4.11. The molecule has 0 radical (unpaired) electrons. The highest BCUT2D eigenvalue weighted by atomic mass is 16.5. The minimum atomic E-state index is -0.202. The molecule has 0 aliphatic carbocycles. The number of anilines is 2. The maximum absolute atomic E-state index is 13.0. The molecule has 1 aliphatic rings. The Balaban J connectivity index is 1.51. The van der Waals surface area contributed by atoms with Gasteiger partial charge in [0, 0.05) is 29.0 Å². The van der Waals surface area contributed by atoms with Crippen LogP contribution in [0.5, 0.6) is 5.75 Å². The molecule has 6 nitrogen and oxygen atoms in total.